The van der Waals surface area contributed by atoms with Gasteiger partial charge in [0.2, 0.25) is 0 Å². The number of hydrogen-bond donors (Lipinski definition) is 5. The molecule has 5 heterocycles. The number of methoxy groups -OCH3 is 1. The minimum atomic E-state index is -1.58. The van der Waals surface area contributed by atoms with Crippen LogP contribution in [0.2, 0.25) is 0 Å². The van der Waals surface area contributed by atoms with Gasteiger partial charge in [0.15, 0.2) is 18.7 Å². The summed E-state index contributed by atoms with van der Waals surface area (Å²) in [6.07, 6.45) is -5.52. The zero-order valence-corrected chi connectivity index (χ0v) is 39.9. The van der Waals surface area contributed by atoms with Crippen LogP contribution in [0.5, 0.6) is 0 Å². The zero-order chi connectivity index (χ0) is 46.6. The van der Waals surface area contributed by atoms with E-state index >= 15 is 0 Å². The van der Waals surface area contributed by atoms with Crippen molar-refractivity contribution in [3.63, 3.8) is 0 Å². The Morgan fingerprint density at radius 3 is 2.37 bits per heavy atom. The van der Waals surface area contributed by atoms with Gasteiger partial charge < -0.3 is 69.4 Å². The molecular weight excluding hydrogens is 815 g/mol. The first-order chi connectivity index (χ1) is 29.6. The highest BCUT2D eigenvalue weighted by Gasteiger charge is 2.58. The number of aliphatic hydroxyl groups is 2. The summed E-state index contributed by atoms with van der Waals surface area (Å²) in [5.74, 6) is -2.55. The highest BCUT2D eigenvalue weighted by atomic mass is 16.7. The third-order valence-corrected chi connectivity index (χ3v) is 14.3. The maximum atomic E-state index is 14.5. The second-order valence-corrected chi connectivity index (χ2v) is 19.6. The van der Waals surface area contributed by atoms with Crippen LogP contribution in [0.4, 0.5) is 4.79 Å². The summed E-state index contributed by atoms with van der Waals surface area (Å²) >= 11 is 0. The minimum Gasteiger partial charge on any atom is -0.459 e. The number of nitrogens with two attached hydrogens (primary N) is 1. The van der Waals surface area contributed by atoms with Gasteiger partial charge >= 0.3 is 12.1 Å². The van der Waals surface area contributed by atoms with Gasteiger partial charge in [-0.3, -0.25) is 9.78 Å². The van der Waals surface area contributed by atoms with E-state index in [2.05, 4.69) is 15.6 Å². The van der Waals surface area contributed by atoms with E-state index in [0.29, 0.717) is 32.5 Å². The molecule has 19 atom stereocenters. The van der Waals surface area contributed by atoms with Crippen molar-refractivity contribution in [3.05, 3.63) is 30.1 Å². The largest absolute Gasteiger partial charge is 0.459 e. The predicted octanol–water partition coefficient (Wildman–Crippen LogP) is 3.51. The number of pyridine rings is 1. The number of carbonyl (C=O) groups excluding carboxylic acids is 2. The number of rotatable bonds is 13. The highest BCUT2D eigenvalue weighted by molar-refractivity contribution is 5.73. The lowest BCUT2D eigenvalue weighted by molar-refractivity contribution is -0.317. The van der Waals surface area contributed by atoms with Crippen LogP contribution in [0, 0.1) is 23.7 Å². The number of nitrogens with one attached hydrogen (secondary N) is 2. The highest BCUT2D eigenvalue weighted by Crippen LogP contribution is 2.46. The first-order valence-corrected chi connectivity index (χ1v) is 23.0. The van der Waals surface area contributed by atoms with Gasteiger partial charge in [0, 0.05) is 63.3 Å². The van der Waals surface area contributed by atoms with Crippen molar-refractivity contribution in [1.29, 1.82) is 0 Å². The molecule has 2 bridgehead atoms. The third kappa shape index (κ3) is 11.7. The maximum Gasteiger partial charge on any atom is 0.407 e. The monoisotopic (exact) mass is 894 g/mol. The van der Waals surface area contributed by atoms with Gasteiger partial charge in [0.05, 0.1) is 47.7 Å². The molecule has 1 aromatic rings. The average Bonchev–Trinajstić information content (AvgIpc) is 3.47. The molecule has 6 N–H and O–H groups in total. The smallest absolute Gasteiger partial charge is 0.407 e. The van der Waals surface area contributed by atoms with Gasteiger partial charge in [-0.05, 0) is 93.0 Å². The zero-order valence-electron chi connectivity index (χ0n) is 39.9. The van der Waals surface area contributed by atoms with Crippen LogP contribution >= 0.6 is 0 Å². The molecule has 4 fully saturated rings. The molecule has 360 valence electrons. The van der Waals surface area contributed by atoms with Crippen molar-refractivity contribution in [1.82, 2.24) is 20.5 Å². The number of esters is 1. The molecular formula is C46H79N5O12. The normalized spacial score (nSPS) is 43.9. The Balaban J connectivity index is 1.42. The van der Waals surface area contributed by atoms with Crippen molar-refractivity contribution in [2.45, 2.75) is 192 Å². The van der Waals surface area contributed by atoms with E-state index in [4.69, 9.17) is 43.6 Å². The van der Waals surface area contributed by atoms with Crippen molar-refractivity contribution in [3.8, 4) is 0 Å². The number of carbonyl (C=O) groups is 2. The SMILES string of the molecule is CC[C@H]1OC(=O)[C@H](C)[C@@H](O[C@H]2C[C@@](C)(OC)C(OC(=O)NCCNCc3ccccn3)[C@H](C)O2)[C@H](C)[C@@H](O[C@@H]2O[C@H](C)C[C@H](N(C)C)[C@H]2O)[C@@](C)(O)C[C@@H](C)[C@H]2O[C@]1(C)[C@@H](N)[C@H]2C. The van der Waals surface area contributed by atoms with Crippen LogP contribution in [-0.2, 0) is 49.2 Å². The summed E-state index contributed by atoms with van der Waals surface area (Å²) in [6, 6.07) is 4.95. The van der Waals surface area contributed by atoms with Gasteiger partial charge in [-0.1, -0.05) is 33.8 Å². The fraction of sp³-hybridized carbons (Fsp3) is 0.848. The summed E-state index contributed by atoms with van der Waals surface area (Å²) < 4.78 is 51.7. The number of amides is 1. The van der Waals surface area contributed by atoms with Crippen LogP contribution in [0.15, 0.2) is 24.4 Å². The fourth-order valence-electron chi connectivity index (χ4n) is 10.6. The topological polar surface area (TPSA) is 215 Å². The maximum absolute atomic E-state index is 14.5. The minimum absolute atomic E-state index is 0.117. The Bertz CT molecular complexity index is 1630. The molecule has 1 amide bonds. The fourth-order valence-corrected chi connectivity index (χ4v) is 10.6. The van der Waals surface area contributed by atoms with Gasteiger partial charge in [0.25, 0.3) is 0 Å². The number of aliphatic hydroxyl groups excluding tert-OH is 1. The lowest BCUT2D eigenvalue weighted by Crippen LogP contribution is -2.61. The molecule has 0 spiro atoms. The summed E-state index contributed by atoms with van der Waals surface area (Å²) in [5, 5.41) is 30.5. The molecule has 17 heteroatoms. The summed E-state index contributed by atoms with van der Waals surface area (Å²) in [4.78, 5) is 33.9. The first kappa shape index (κ1) is 51.4. The van der Waals surface area contributed by atoms with E-state index in [-0.39, 0.29) is 42.9 Å². The number of nitrogens with zero attached hydrogens (tertiary/aromatic N) is 2. The predicted molar refractivity (Wildman–Crippen MR) is 234 cm³/mol. The van der Waals surface area contributed by atoms with Gasteiger partial charge in [-0.2, -0.15) is 0 Å². The van der Waals surface area contributed by atoms with E-state index < -0.39 is 95.9 Å². The molecule has 4 aliphatic rings. The van der Waals surface area contributed by atoms with Crippen molar-refractivity contribution >= 4 is 12.1 Å². The number of aromatic nitrogens is 1. The first-order valence-electron chi connectivity index (χ1n) is 23.0. The molecule has 0 aliphatic carbocycles. The Hall–Kier alpha value is -2.55. The number of cyclic esters (lactones) is 1. The van der Waals surface area contributed by atoms with Gasteiger partial charge in [-0.15, -0.1) is 0 Å². The van der Waals surface area contributed by atoms with E-state index in [0.717, 1.165) is 5.69 Å². The number of alkyl carbamates (subject to hydrolysis) is 1. The van der Waals surface area contributed by atoms with Crippen LogP contribution in [0.1, 0.15) is 101 Å². The Labute approximate surface area is 375 Å². The molecule has 0 aromatic carbocycles. The second kappa shape index (κ2) is 21.4. The van der Waals surface area contributed by atoms with Crippen molar-refractivity contribution in [2.24, 2.45) is 29.4 Å². The van der Waals surface area contributed by atoms with Gasteiger partial charge in [0.1, 0.15) is 23.4 Å². The van der Waals surface area contributed by atoms with Crippen molar-refractivity contribution < 1.29 is 57.7 Å². The lowest BCUT2D eigenvalue weighted by Gasteiger charge is -2.49. The van der Waals surface area contributed by atoms with Crippen LogP contribution in [-0.4, -0.2) is 157 Å². The number of likely N-dealkylation sites (N-methyl/N-ethyl adjacent to an activating group) is 1. The van der Waals surface area contributed by atoms with E-state index in [1.165, 1.54) is 0 Å². The quantitative estimate of drug-likeness (QED) is 0.142. The van der Waals surface area contributed by atoms with Crippen LogP contribution in [0.3, 0.4) is 0 Å². The van der Waals surface area contributed by atoms with E-state index in [1.54, 1.807) is 34.1 Å². The second-order valence-electron chi connectivity index (χ2n) is 19.6. The summed E-state index contributed by atoms with van der Waals surface area (Å²) in [7, 11) is 5.34. The van der Waals surface area contributed by atoms with E-state index in [1.807, 2.05) is 85.7 Å². The Morgan fingerprint density at radius 1 is 1.02 bits per heavy atom. The Morgan fingerprint density at radius 2 is 1.73 bits per heavy atom. The number of hydrogen-bond acceptors (Lipinski definition) is 16. The molecule has 1 unspecified atom stereocenters. The standard InChI is InChI=1S/C46H79N5O12/c1-14-33-46(10)38(47)27(4)36(63-46)25(2)22-44(8,55)39(61-42-35(52)32(51(11)12)21-26(3)57-42)28(5)37(29(6)41(53)59-33)60-34-23-45(9,56-13)40(30(7)58-34)62-43(54)50-20-19-48-24-31-17-15-16-18-49-31/h15-18,25-30,32-40,42,48,52,55H,14,19-24,47H2,1-13H3,(H,50,54)/t25-,26-,27+,28+,29-,30+,32+,33-,34+,35-,36-,37+,38+,39-,40?,42+,44+,45-,46+/m1/s1. The molecule has 4 aliphatic heterocycles. The summed E-state index contributed by atoms with van der Waals surface area (Å²) in [6.45, 7) is 20.1. The number of ether oxygens (including phenoxy) is 8. The van der Waals surface area contributed by atoms with Gasteiger partial charge in [-0.25, -0.2) is 4.79 Å². The van der Waals surface area contributed by atoms with Crippen molar-refractivity contribution in [2.75, 3.05) is 34.3 Å². The number of fused-ring (bicyclic) bond motifs is 2. The average molecular weight is 894 g/mol. The Kier molecular flexibility index (Phi) is 17.5. The molecule has 1 aromatic heterocycles. The van der Waals surface area contributed by atoms with E-state index in [9.17, 15) is 19.8 Å². The third-order valence-electron chi connectivity index (χ3n) is 14.3. The molecule has 0 saturated carbocycles. The molecule has 4 saturated heterocycles. The summed E-state index contributed by atoms with van der Waals surface area (Å²) in [5.41, 5.74) is 4.15. The molecule has 5 rings (SSSR count). The van der Waals surface area contributed by atoms with Crippen LogP contribution in [0.25, 0.3) is 0 Å². The lowest BCUT2D eigenvalue weighted by atomic mass is 9.75. The molecule has 17 nitrogen and oxygen atoms in total. The molecule has 63 heavy (non-hydrogen) atoms. The van der Waals surface area contributed by atoms with Crippen LogP contribution < -0.4 is 16.4 Å². The molecule has 0 radical (unpaired) electrons.